The molecule has 0 spiro atoms. The average Bonchev–Trinajstić information content (AvgIpc) is 2.61. The maximum absolute atomic E-state index is 12.0. The van der Waals surface area contributed by atoms with Crippen LogP contribution in [0.5, 0.6) is 5.75 Å². The Bertz CT molecular complexity index is 721. The highest BCUT2D eigenvalue weighted by Gasteiger charge is 2.08. The fraction of sp³-hybridized carbons (Fsp3) is 0.0625. The summed E-state index contributed by atoms with van der Waals surface area (Å²) in [6, 6.07) is 16.1. The van der Waals surface area contributed by atoms with Crippen LogP contribution in [0.25, 0.3) is 0 Å². The largest absolute Gasteiger partial charge is 0.497 e. The van der Waals surface area contributed by atoms with E-state index in [1.54, 1.807) is 31.4 Å². The molecule has 2 aromatic carbocycles. The molecule has 0 heterocycles. The summed E-state index contributed by atoms with van der Waals surface area (Å²) in [5.74, 6) is 0.338. The Kier molecular flexibility index (Phi) is 6.47. The van der Waals surface area contributed by atoms with Gasteiger partial charge in [-0.1, -0.05) is 18.2 Å². The molecule has 0 saturated heterocycles. The first kappa shape index (κ1) is 17.6. The third kappa shape index (κ3) is 5.49. The van der Waals surface area contributed by atoms with Gasteiger partial charge in [-0.3, -0.25) is 21.0 Å². The van der Waals surface area contributed by atoms with Crippen LogP contribution in [0.4, 0.5) is 5.69 Å². The van der Waals surface area contributed by atoms with Crippen LogP contribution < -0.4 is 26.2 Å². The van der Waals surface area contributed by atoms with Crippen molar-refractivity contribution in [2.45, 2.75) is 0 Å². The van der Waals surface area contributed by atoms with Crippen LogP contribution in [0.1, 0.15) is 10.4 Å². The Labute approximate surface area is 150 Å². The van der Waals surface area contributed by atoms with Crippen LogP contribution in [0.15, 0.2) is 54.6 Å². The number of rotatable bonds is 3. The van der Waals surface area contributed by atoms with Gasteiger partial charge in [-0.2, -0.15) is 0 Å². The van der Waals surface area contributed by atoms with Gasteiger partial charge >= 0.3 is 0 Å². The predicted octanol–water partition coefficient (Wildman–Crippen LogP) is 2.20. The Balaban J connectivity index is 1.77. The summed E-state index contributed by atoms with van der Waals surface area (Å²) in [5, 5.41) is 5.94. The van der Waals surface area contributed by atoms with Gasteiger partial charge < -0.3 is 10.1 Å². The van der Waals surface area contributed by atoms with Crippen LogP contribution in [0.2, 0.25) is 0 Å². The summed E-state index contributed by atoms with van der Waals surface area (Å²) >= 11 is 10.2. The quantitative estimate of drug-likeness (QED) is 0.494. The molecular formula is C16H16N4O2S2. The molecule has 8 heteroatoms. The van der Waals surface area contributed by atoms with E-state index in [4.69, 9.17) is 29.2 Å². The first-order chi connectivity index (χ1) is 11.6. The molecule has 0 aliphatic heterocycles. The van der Waals surface area contributed by atoms with Crippen molar-refractivity contribution >= 4 is 46.3 Å². The molecule has 2 rings (SSSR count). The number of para-hydroxylation sites is 1. The molecule has 0 bridgehead atoms. The van der Waals surface area contributed by atoms with Crippen LogP contribution in [-0.2, 0) is 0 Å². The van der Waals surface area contributed by atoms with Gasteiger partial charge in [0.25, 0.3) is 5.91 Å². The lowest BCUT2D eigenvalue weighted by Gasteiger charge is -2.13. The summed E-state index contributed by atoms with van der Waals surface area (Å²) in [5.41, 5.74) is 6.65. The number of nitrogens with one attached hydrogen (secondary N) is 4. The lowest BCUT2D eigenvalue weighted by Crippen LogP contribution is -2.49. The summed E-state index contributed by atoms with van der Waals surface area (Å²) in [7, 11) is 1.56. The molecular weight excluding hydrogens is 344 g/mol. The highest BCUT2D eigenvalue weighted by molar-refractivity contribution is 7.80. The summed E-state index contributed by atoms with van der Waals surface area (Å²) < 4.78 is 5.04. The molecule has 0 radical (unpaired) electrons. The van der Waals surface area contributed by atoms with Crippen LogP contribution in [0.3, 0.4) is 0 Å². The maximum Gasteiger partial charge on any atom is 0.257 e. The first-order valence-electron chi connectivity index (χ1n) is 6.96. The molecule has 0 aliphatic rings. The zero-order valence-electron chi connectivity index (χ0n) is 12.8. The number of thiocarbonyl (C=S) groups is 2. The van der Waals surface area contributed by atoms with Gasteiger partial charge in [0.2, 0.25) is 0 Å². The van der Waals surface area contributed by atoms with Crippen molar-refractivity contribution in [3.63, 3.8) is 0 Å². The van der Waals surface area contributed by atoms with Crippen LogP contribution in [-0.4, -0.2) is 23.2 Å². The Morgan fingerprint density at radius 2 is 1.54 bits per heavy atom. The zero-order chi connectivity index (χ0) is 17.4. The van der Waals surface area contributed by atoms with E-state index in [1.165, 1.54) is 0 Å². The smallest absolute Gasteiger partial charge is 0.257 e. The molecule has 0 fully saturated rings. The minimum atomic E-state index is -0.334. The molecule has 0 aliphatic carbocycles. The number of benzene rings is 2. The van der Waals surface area contributed by atoms with E-state index in [1.807, 2.05) is 30.3 Å². The Morgan fingerprint density at radius 3 is 2.17 bits per heavy atom. The average molecular weight is 360 g/mol. The standard InChI is InChI=1S/C16H16N4O2S2/c1-22-13-9-7-11(8-10-13)14(21)18-16(24)20-19-15(23)17-12-5-3-2-4-6-12/h2-10H,1H3,(H2,17,19,23)(H2,18,20,21,24). The van der Waals surface area contributed by atoms with Gasteiger partial charge in [0.05, 0.1) is 7.11 Å². The number of ether oxygens (including phenoxy) is 1. The van der Waals surface area contributed by atoms with Crippen molar-refractivity contribution in [2.75, 3.05) is 12.4 Å². The SMILES string of the molecule is COc1ccc(C(=O)NC(=S)NNC(=S)Nc2ccccc2)cc1. The minimum Gasteiger partial charge on any atom is -0.497 e. The number of carbonyl (C=O) groups excluding carboxylic acids is 1. The van der Waals surface area contributed by atoms with Crippen molar-refractivity contribution in [3.8, 4) is 5.75 Å². The van der Waals surface area contributed by atoms with E-state index in [9.17, 15) is 4.79 Å². The first-order valence-corrected chi connectivity index (χ1v) is 7.77. The molecule has 0 atom stereocenters. The molecule has 0 saturated carbocycles. The Hall–Kier alpha value is -2.71. The molecule has 4 N–H and O–H groups in total. The van der Waals surface area contributed by atoms with Gasteiger partial charge in [-0.25, -0.2) is 0 Å². The van der Waals surface area contributed by atoms with Crippen molar-refractivity contribution in [2.24, 2.45) is 0 Å². The number of hydrogen-bond acceptors (Lipinski definition) is 4. The van der Waals surface area contributed by atoms with Crippen LogP contribution >= 0.6 is 24.4 Å². The second kappa shape index (κ2) is 8.80. The molecule has 1 amide bonds. The summed E-state index contributed by atoms with van der Waals surface area (Å²) in [6.45, 7) is 0. The molecule has 6 nitrogen and oxygen atoms in total. The fourth-order valence-corrected chi connectivity index (χ4v) is 2.06. The minimum absolute atomic E-state index is 0.105. The van der Waals surface area contributed by atoms with E-state index in [2.05, 4.69) is 21.5 Å². The third-order valence-electron chi connectivity index (χ3n) is 2.90. The fourth-order valence-electron chi connectivity index (χ4n) is 1.75. The molecule has 24 heavy (non-hydrogen) atoms. The number of carbonyl (C=O) groups is 1. The number of hydrazine groups is 1. The van der Waals surface area contributed by atoms with Gasteiger partial charge in [0, 0.05) is 11.3 Å². The van der Waals surface area contributed by atoms with E-state index in [-0.39, 0.29) is 11.0 Å². The lowest BCUT2D eigenvalue weighted by molar-refractivity contribution is 0.0976. The summed E-state index contributed by atoms with van der Waals surface area (Å²) in [4.78, 5) is 12.0. The maximum atomic E-state index is 12.0. The van der Waals surface area contributed by atoms with Gasteiger partial charge in [-0.15, -0.1) is 0 Å². The van der Waals surface area contributed by atoms with E-state index in [0.717, 1.165) is 5.69 Å². The Morgan fingerprint density at radius 1 is 0.917 bits per heavy atom. The highest BCUT2D eigenvalue weighted by atomic mass is 32.1. The van der Waals surface area contributed by atoms with Crippen molar-refractivity contribution in [1.82, 2.24) is 16.2 Å². The van der Waals surface area contributed by atoms with Gasteiger partial charge in [0.15, 0.2) is 10.2 Å². The third-order valence-corrected chi connectivity index (χ3v) is 3.31. The van der Waals surface area contributed by atoms with E-state index < -0.39 is 0 Å². The predicted molar refractivity (Wildman–Crippen MR) is 102 cm³/mol. The summed E-state index contributed by atoms with van der Waals surface area (Å²) in [6.07, 6.45) is 0. The topological polar surface area (TPSA) is 74.4 Å². The molecule has 2 aromatic rings. The number of anilines is 1. The van der Waals surface area contributed by atoms with E-state index in [0.29, 0.717) is 16.4 Å². The van der Waals surface area contributed by atoms with Crippen molar-refractivity contribution in [1.29, 1.82) is 0 Å². The van der Waals surface area contributed by atoms with Crippen LogP contribution in [0, 0.1) is 0 Å². The normalized spacial score (nSPS) is 9.54. The lowest BCUT2D eigenvalue weighted by atomic mass is 10.2. The van der Waals surface area contributed by atoms with E-state index >= 15 is 0 Å². The zero-order valence-corrected chi connectivity index (χ0v) is 14.5. The second-order valence-electron chi connectivity index (χ2n) is 4.58. The van der Waals surface area contributed by atoms with Gasteiger partial charge in [-0.05, 0) is 60.8 Å². The molecule has 124 valence electrons. The number of amides is 1. The highest BCUT2D eigenvalue weighted by Crippen LogP contribution is 2.10. The van der Waals surface area contributed by atoms with Crippen molar-refractivity contribution in [3.05, 3.63) is 60.2 Å². The molecule has 0 unspecified atom stereocenters. The second-order valence-corrected chi connectivity index (χ2v) is 5.40. The number of methoxy groups -OCH3 is 1. The monoisotopic (exact) mass is 360 g/mol. The van der Waals surface area contributed by atoms with Crippen molar-refractivity contribution < 1.29 is 9.53 Å². The molecule has 0 aromatic heterocycles. The number of hydrogen-bond donors (Lipinski definition) is 4. The van der Waals surface area contributed by atoms with Gasteiger partial charge in [0.1, 0.15) is 5.75 Å².